The number of nitrogens with one attached hydrogen (secondary N) is 2. The van der Waals surface area contributed by atoms with Crippen LogP contribution in [0.2, 0.25) is 0 Å². The number of hydrogen-bond donors (Lipinski definition) is 4. The Bertz CT molecular complexity index is 1730. The molecule has 57 heavy (non-hydrogen) atoms. The third-order valence-electron chi connectivity index (χ3n) is 10.2. The lowest BCUT2D eigenvalue weighted by Crippen LogP contribution is -2.39. The summed E-state index contributed by atoms with van der Waals surface area (Å²) in [6.45, 7) is 11.8. The van der Waals surface area contributed by atoms with Crippen LogP contribution in [0.1, 0.15) is 59.4 Å². The molecule has 0 spiro atoms. The number of rotatable bonds is 14. The number of primary amides is 1. The van der Waals surface area contributed by atoms with Gasteiger partial charge in [-0.1, -0.05) is 51.1 Å². The van der Waals surface area contributed by atoms with Gasteiger partial charge in [0.2, 0.25) is 11.6 Å². The Labute approximate surface area is 337 Å². The summed E-state index contributed by atoms with van der Waals surface area (Å²) >= 11 is 0. The summed E-state index contributed by atoms with van der Waals surface area (Å²) in [5, 5.41) is 17.4. The molecule has 314 valence electrons. The van der Waals surface area contributed by atoms with E-state index in [-0.39, 0.29) is 34.9 Å². The summed E-state index contributed by atoms with van der Waals surface area (Å²) in [5.41, 5.74) is 7.64. The minimum absolute atomic E-state index is 0.128. The van der Waals surface area contributed by atoms with Gasteiger partial charge in [0.15, 0.2) is 17.6 Å². The average Bonchev–Trinajstić information content (AvgIpc) is 3.18. The van der Waals surface area contributed by atoms with E-state index in [4.69, 9.17) is 29.4 Å². The van der Waals surface area contributed by atoms with Crippen molar-refractivity contribution in [1.29, 1.82) is 0 Å². The first-order chi connectivity index (χ1) is 27.2. The number of ketones is 2. The maximum atomic E-state index is 14.1. The van der Waals surface area contributed by atoms with Crippen LogP contribution >= 0.6 is 0 Å². The summed E-state index contributed by atoms with van der Waals surface area (Å²) in [7, 11) is 6.16. The monoisotopic (exact) mass is 794 g/mol. The van der Waals surface area contributed by atoms with Crippen molar-refractivity contribution < 1.29 is 48.0 Å². The van der Waals surface area contributed by atoms with E-state index in [0.717, 1.165) is 37.6 Å². The Kier molecular flexibility index (Phi) is 18.7. The molecule has 5 N–H and O–H groups in total. The molecule has 14 nitrogen and oxygen atoms in total. The minimum atomic E-state index is -1.00. The van der Waals surface area contributed by atoms with E-state index in [1.54, 1.807) is 46.3 Å². The molecule has 3 rings (SSSR count). The number of carbonyl (C=O) groups is 4. The van der Waals surface area contributed by atoms with E-state index >= 15 is 0 Å². The third-order valence-corrected chi connectivity index (χ3v) is 10.2. The molecule has 0 radical (unpaired) electrons. The van der Waals surface area contributed by atoms with Crippen LogP contribution in [0, 0.1) is 11.8 Å². The second-order valence-electron chi connectivity index (χ2n) is 14.6. The van der Waals surface area contributed by atoms with Crippen molar-refractivity contribution in [3.05, 3.63) is 82.3 Å². The molecule has 1 aliphatic carbocycles. The molecule has 1 aliphatic heterocycles. The zero-order valence-corrected chi connectivity index (χ0v) is 34.9. The maximum absolute atomic E-state index is 14.1. The molecule has 2 aliphatic rings. The predicted octanol–water partition coefficient (Wildman–Crippen LogP) is 4.32. The number of fused-ring (bicyclic) bond motifs is 2. The lowest BCUT2D eigenvalue weighted by molar-refractivity contribution is -0.120. The van der Waals surface area contributed by atoms with Crippen LogP contribution in [0.3, 0.4) is 0 Å². The van der Waals surface area contributed by atoms with Crippen LogP contribution in [-0.4, -0.2) is 113 Å². The predicted molar refractivity (Wildman–Crippen MR) is 218 cm³/mol. The molecule has 0 saturated heterocycles. The van der Waals surface area contributed by atoms with Crippen LogP contribution in [-0.2, 0) is 35.0 Å². The maximum Gasteiger partial charge on any atom is 0.405 e. The van der Waals surface area contributed by atoms with E-state index in [1.807, 2.05) is 32.0 Å². The quantitative estimate of drug-likeness (QED) is 0.155. The number of nitrogens with two attached hydrogens (primary N) is 1. The molecule has 0 aromatic heterocycles. The second kappa shape index (κ2) is 22.8. The van der Waals surface area contributed by atoms with Gasteiger partial charge in [0.1, 0.15) is 6.10 Å². The first kappa shape index (κ1) is 46.6. The third kappa shape index (κ3) is 13.4. The highest BCUT2D eigenvalue weighted by Crippen LogP contribution is 2.30. The SMILES string of the molecule is CCCN(CCNC1=C2C[C@@H](C)C[C@H](OC)[C@H](O)[C@@H](C)/C=C(\C)[C@H](OC(N)=O)[C@@H](OC)/C=C\C=C(/C)C(=O)NC(=CC1=O)C2=O)CCc1ccc(OC)c(OC)c1. The standard InChI is InChI=1S/C43H62N4O10/c1-10-18-47(19-16-30-14-15-34(53-6)36(24-30)55-8)20-17-45-38-31-21-26(2)22-37(56-9)39(49)28(4)23-29(5)41(57-43(44)52)35(54-7)13-11-12-27(3)42(51)46-32(40(31)50)25-33(38)48/h11-15,23-26,28,35,37,39,41,45,49H,10,16-22H2,1-9H3,(H2,44,52)(H,46,51)/b13-11-,27-12+,29-23+/t26-,28+,35+,37+,39-,41+/m1/s1. The fourth-order valence-corrected chi connectivity index (χ4v) is 7.09. The molecule has 2 bridgehead atoms. The first-order valence-corrected chi connectivity index (χ1v) is 19.4. The Hall–Kier alpha value is -4.76. The van der Waals surface area contributed by atoms with Gasteiger partial charge in [0, 0.05) is 57.0 Å². The second-order valence-corrected chi connectivity index (χ2v) is 14.6. The van der Waals surface area contributed by atoms with Gasteiger partial charge in [-0.05, 0) is 75.3 Å². The van der Waals surface area contributed by atoms with Crippen molar-refractivity contribution in [3.8, 4) is 11.5 Å². The van der Waals surface area contributed by atoms with Crippen molar-refractivity contribution in [3.63, 3.8) is 0 Å². The summed E-state index contributed by atoms with van der Waals surface area (Å²) in [4.78, 5) is 55.4. The number of amides is 2. The first-order valence-electron chi connectivity index (χ1n) is 19.4. The number of allylic oxidation sites excluding steroid dienone is 4. The van der Waals surface area contributed by atoms with Gasteiger partial charge < -0.3 is 50.1 Å². The molecule has 1 aromatic carbocycles. The largest absolute Gasteiger partial charge is 0.493 e. The average molecular weight is 795 g/mol. The van der Waals surface area contributed by atoms with Crippen LogP contribution < -0.4 is 25.8 Å². The topological polar surface area (TPSA) is 188 Å². The van der Waals surface area contributed by atoms with Crippen molar-refractivity contribution in [2.45, 2.75) is 84.7 Å². The van der Waals surface area contributed by atoms with E-state index in [9.17, 15) is 24.3 Å². The van der Waals surface area contributed by atoms with Gasteiger partial charge in [-0.3, -0.25) is 14.4 Å². The number of carbonyl (C=O) groups excluding carboxylic acids is 4. The van der Waals surface area contributed by atoms with Crippen molar-refractivity contribution in [2.24, 2.45) is 17.6 Å². The molecule has 0 saturated carbocycles. The van der Waals surface area contributed by atoms with Crippen molar-refractivity contribution >= 4 is 23.6 Å². The zero-order valence-electron chi connectivity index (χ0n) is 34.9. The number of aliphatic hydroxyl groups is 1. The van der Waals surface area contributed by atoms with Crippen LogP contribution in [0.5, 0.6) is 11.5 Å². The van der Waals surface area contributed by atoms with Crippen molar-refractivity contribution in [1.82, 2.24) is 15.5 Å². The molecular weight excluding hydrogens is 732 g/mol. The normalized spacial score (nSPS) is 26.4. The molecule has 0 fully saturated rings. The number of methoxy groups -OCH3 is 4. The van der Waals surface area contributed by atoms with Gasteiger partial charge in [-0.25, -0.2) is 4.79 Å². The molecule has 0 unspecified atom stereocenters. The minimum Gasteiger partial charge on any atom is -0.493 e. The molecule has 1 aromatic rings. The highest BCUT2D eigenvalue weighted by atomic mass is 16.6. The number of ether oxygens (including phenoxy) is 5. The van der Waals surface area contributed by atoms with Gasteiger partial charge in [0.25, 0.3) is 5.91 Å². The summed E-state index contributed by atoms with van der Waals surface area (Å²) in [6, 6.07) is 5.88. The fraction of sp³-hybridized carbons (Fsp3) is 0.535. The number of aliphatic hydroxyl groups excluding tert-OH is 1. The summed E-state index contributed by atoms with van der Waals surface area (Å²) in [5.74, 6) is -0.837. The van der Waals surface area contributed by atoms with Crippen LogP contribution in [0.15, 0.2) is 76.7 Å². The van der Waals surface area contributed by atoms with E-state index in [2.05, 4.69) is 22.5 Å². The Morgan fingerprint density at radius 3 is 2.37 bits per heavy atom. The number of benzene rings is 1. The zero-order chi connectivity index (χ0) is 42.2. The fourth-order valence-electron chi connectivity index (χ4n) is 7.09. The molecule has 2 amide bonds. The highest BCUT2D eigenvalue weighted by molar-refractivity contribution is 6.23. The van der Waals surface area contributed by atoms with Gasteiger partial charge in [-0.15, -0.1) is 0 Å². The van der Waals surface area contributed by atoms with E-state index in [0.29, 0.717) is 36.6 Å². The number of hydrogen-bond acceptors (Lipinski definition) is 12. The van der Waals surface area contributed by atoms with Crippen molar-refractivity contribution in [2.75, 3.05) is 54.6 Å². The lowest BCUT2D eigenvalue weighted by Gasteiger charge is -2.30. The van der Waals surface area contributed by atoms with Crippen LogP contribution in [0.4, 0.5) is 4.79 Å². The highest BCUT2D eigenvalue weighted by Gasteiger charge is 2.33. The number of nitrogens with zero attached hydrogens (tertiary/aromatic N) is 1. The Morgan fingerprint density at radius 1 is 1.02 bits per heavy atom. The van der Waals surface area contributed by atoms with Gasteiger partial charge in [0.05, 0.1) is 37.8 Å². The number of Topliss-reactive ketones (excluding diaryl/α,β-unsaturated/α-hetero) is 1. The molecule has 14 heteroatoms. The van der Waals surface area contributed by atoms with Gasteiger partial charge >= 0.3 is 6.09 Å². The van der Waals surface area contributed by atoms with Crippen LogP contribution in [0.25, 0.3) is 0 Å². The summed E-state index contributed by atoms with van der Waals surface area (Å²) < 4.78 is 27.7. The Balaban J connectivity index is 1.93. The molecular formula is C43H62N4O10. The van der Waals surface area contributed by atoms with E-state index in [1.165, 1.54) is 20.3 Å². The van der Waals surface area contributed by atoms with E-state index < -0.39 is 53.9 Å². The summed E-state index contributed by atoms with van der Waals surface area (Å²) in [6.07, 6.45) is 5.46. The smallest absolute Gasteiger partial charge is 0.405 e. The Morgan fingerprint density at radius 2 is 1.74 bits per heavy atom. The van der Waals surface area contributed by atoms with Gasteiger partial charge in [-0.2, -0.15) is 0 Å². The molecule has 6 atom stereocenters. The lowest BCUT2D eigenvalue weighted by atomic mass is 9.85. The molecule has 1 heterocycles.